The average molecular weight is 478 g/mol. The van der Waals surface area contributed by atoms with Crippen LogP contribution in [0.3, 0.4) is 0 Å². The van der Waals surface area contributed by atoms with Gasteiger partial charge in [0, 0.05) is 35.9 Å². The van der Waals surface area contributed by atoms with E-state index in [9.17, 15) is 18.0 Å². The first-order chi connectivity index (χ1) is 15.3. The molecule has 1 saturated heterocycles. The summed E-state index contributed by atoms with van der Waals surface area (Å²) in [6.07, 6.45) is 3.44. The van der Waals surface area contributed by atoms with Gasteiger partial charge in [-0.1, -0.05) is 31.0 Å². The monoisotopic (exact) mass is 477 g/mol. The summed E-state index contributed by atoms with van der Waals surface area (Å²) in [6, 6.07) is 12.2. The largest absolute Gasteiger partial charge is 0.356 e. The van der Waals surface area contributed by atoms with Gasteiger partial charge in [-0.25, -0.2) is 8.42 Å². The van der Waals surface area contributed by atoms with Gasteiger partial charge in [0.2, 0.25) is 5.91 Å². The zero-order chi connectivity index (χ0) is 23.1. The lowest BCUT2D eigenvalue weighted by molar-refractivity contribution is -0.126. The van der Waals surface area contributed by atoms with Crippen molar-refractivity contribution in [3.63, 3.8) is 0 Å². The van der Waals surface area contributed by atoms with Crippen molar-refractivity contribution in [2.24, 2.45) is 5.92 Å². The number of carbonyl (C=O) groups is 2. The maximum Gasteiger partial charge on any atom is 0.261 e. The lowest BCUT2D eigenvalue weighted by Gasteiger charge is -2.32. The number of halogens is 1. The molecule has 0 aliphatic carbocycles. The van der Waals surface area contributed by atoms with Crippen molar-refractivity contribution in [3.05, 3.63) is 59.1 Å². The molecular formula is C23H28ClN3O4S. The second kappa shape index (κ2) is 10.8. The Kier molecular flexibility index (Phi) is 8.15. The Morgan fingerprint density at radius 2 is 1.91 bits per heavy atom. The number of benzene rings is 2. The Morgan fingerprint density at radius 3 is 2.62 bits per heavy atom. The number of anilines is 1. The second-order valence-electron chi connectivity index (χ2n) is 7.88. The zero-order valence-electron chi connectivity index (χ0n) is 18.0. The minimum absolute atomic E-state index is 0.0135. The van der Waals surface area contributed by atoms with Crippen LogP contribution in [0.25, 0.3) is 0 Å². The molecule has 32 heavy (non-hydrogen) atoms. The Bertz CT molecular complexity index is 1060. The van der Waals surface area contributed by atoms with Gasteiger partial charge < -0.3 is 10.2 Å². The van der Waals surface area contributed by atoms with E-state index in [0.717, 1.165) is 25.7 Å². The summed E-state index contributed by atoms with van der Waals surface area (Å²) in [5.41, 5.74) is 0.657. The van der Waals surface area contributed by atoms with Gasteiger partial charge in [-0.15, -0.1) is 0 Å². The van der Waals surface area contributed by atoms with E-state index in [1.165, 1.54) is 30.3 Å². The summed E-state index contributed by atoms with van der Waals surface area (Å²) in [4.78, 5) is 27.2. The fourth-order valence-electron chi connectivity index (χ4n) is 3.63. The molecule has 2 amide bonds. The third kappa shape index (κ3) is 6.23. The highest BCUT2D eigenvalue weighted by Gasteiger charge is 2.29. The van der Waals surface area contributed by atoms with Crippen LogP contribution >= 0.6 is 11.6 Å². The molecule has 0 radical (unpaired) electrons. The molecule has 1 unspecified atom stereocenters. The van der Waals surface area contributed by atoms with E-state index in [2.05, 4.69) is 17.0 Å². The molecule has 0 bridgehead atoms. The van der Waals surface area contributed by atoms with Gasteiger partial charge in [-0.2, -0.15) is 0 Å². The molecule has 2 aromatic rings. The lowest BCUT2D eigenvalue weighted by Crippen LogP contribution is -2.45. The quantitative estimate of drug-likeness (QED) is 0.563. The number of rotatable bonds is 8. The first-order valence-electron chi connectivity index (χ1n) is 10.8. The van der Waals surface area contributed by atoms with E-state index in [1.807, 2.05) is 0 Å². The molecule has 9 heteroatoms. The molecule has 1 atom stereocenters. The molecule has 172 valence electrons. The number of nitrogens with zero attached hydrogens (tertiary/aromatic N) is 1. The predicted molar refractivity (Wildman–Crippen MR) is 125 cm³/mol. The third-order valence-electron chi connectivity index (χ3n) is 5.39. The van der Waals surface area contributed by atoms with Gasteiger partial charge in [-0.05, 0) is 61.7 Å². The van der Waals surface area contributed by atoms with Crippen LogP contribution in [0, 0.1) is 5.92 Å². The second-order valence-corrected chi connectivity index (χ2v) is 9.99. The minimum Gasteiger partial charge on any atom is -0.356 e. The van der Waals surface area contributed by atoms with Gasteiger partial charge in [0.1, 0.15) is 0 Å². The van der Waals surface area contributed by atoms with Gasteiger partial charge in [-0.3, -0.25) is 14.3 Å². The van der Waals surface area contributed by atoms with Crippen LogP contribution in [0.4, 0.5) is 5.69 Å². The molecule has 2 N–H and O–H groups in total. The van der Waals surface area contributed by atoms with Crippen molar-refractivity contribution in [3.8, 4) is 0 Å². The van der Waals surface area contributed by atoms with Crippen LogP contribution < -0.4 is 10.0 Å². The van der Waals surface area contributed by atoms with Crippen molar-refractivity contribution in [1.82, 2.24) is 10.2 Å². The Labute approximate surface area is 194 Å². The van der Waals surface area contributed by atoms with Gasteiger partial charge in [0.25, 0.3) is 15.9 Å². The maximum atomic E-state index is 13.1. The van der Waals surface area contributed by atoms with Crippen LogP contribution in [0.5, 0.6) is 0 Å². The number of sulfonamides is 1. The maximum absolute atomic E-state index is 13.1. The van der Waals surface area contributed by atoms with Gasteiger partial charge in [0.15, 0.2) is 0 Å². The molecule has 1 fully saturated rings. The topological polar surface area (TPSA) is 95.6 Å². The summed E-state index contributed by atoms with van der Waals surface area (Å²) in [5.74, 6) is -0.458. The molecule has 0 aromatic heterocycles. The average Bonchev–Trinajstić information content (AvgIpc) is 2.79. The number of amides is 2. The SMILES string of the molecule is CCCCNC(=O)C1CCCN(C(=O)c2cccc(NS(=O)(=O)c3ccc(Cl)cc3)c2)C1. The van der Waals surface area contributed by atoms with Crippen molar-refractivity contribution in [2.45, 2.75) is 37.5 Å². The van der Waals surface area contributed by atoms with Crippen molar-refractivity contribution in [1.29, 1.82) is 0 Å². The van der Waals surface area contributed by atoms with Crippen LogP contribution in [-0.4, -0.2) is 44.8 Å². The van der Waals surface area contributed by atoms with Crippen LogP contribution in [0.15, 0.2) is 53.4 Å². The summed E-state index contributed by atoms with van der Waals surface area (Å²) < 4.78 is 27.8. The fourth-order valence-corrected chi connectivity index (χ4v) is 4.81. The lowest BCUT2D eigenvalue weighted by atomic mass is 9.96. The summed E-state index contributed by atoms with van der Waals surface area (Å²) in [6.45, 7) is 3.64. The van der Waals surface area contributed by atoms with Crippen molar-refractivity contribution >= 4 is 39.1 Å². The Morgan fingerprint density at radius 1 is 1.16 bits per heavy atom. The highest BCUT2D eigenvalue weighted by molar-refractivity contribution is 7.92. The highest BCUT2D eigenvalue weighted by atomic mass is 35.5. The number of carbonyl (C=O) groups excluding carboxylic acids is 2. The summed E-state index contributed by atoms with van der Waals surface area (Å²) in [5, 5.41) is 3.38. The summed E-state index contributed by atoms with van der Waals surface area (Å²) in [7, 11) is -3.82. The predicted octanol–water partition coefficient (Wildman–Crippen LogP) is 3.91. The van der Waals surface area contributed by atoms with E-state index in [-0.39, 0.29) is 28.3 Å². The Hall–Kier alpha value is -2.58. The molecule has 0 saturated carbocycles. The highest BCUT2D eigenvalue weighted by Crippen LogP contribution is 2.22. The molecule has 1 aliphatic heterocycles. The molecule has 1 heterocycles. The standard InChI is InChI=1S/C23H28ClN3O4S/c1-2-3-13-25-22(28)18-7-5-14-27(16-18)23(29)17-6-4-8-20(15-17)26-32(30,31)21-11-9-19(24)10-12-21/h4,6,8-12,15,18,26H,2-3,5,7,13-14,16H2,1H3,(H,25,28). The minimum atomic E-state index is -3.82. The molecule has 2 aromatic carbocycles. The normalized spacial score (nSPS) is 16.4. The number of hydrogen-bond donors (Lipinski definition) is 2. The number of piperidine rings is 1. The van der Waals surface area contributed by atoms with Gasteiger partial charge >= 0.3 is 0 Å². The van der Waals surface area contributed by atoms with E-state index < -0.39 is 10.0 Å². The van der Waals surface area contributed by atoms with E-state index in [0.29, 0.717) is 30.2 Å². The van der Waals surface area contributed by atoms with Crippen LogP contribution in [0.1, 0.15) is 43.0 Å². The fraction of sp³-hybridized carbons (Fsp3) is 0.391. The molecule has 0 spiro atoms. The van der Waals surface area contributed by atoms with Crippen molar-refractivity contribution in [2.75, 3.05) is 24.4 Å². The summed E-state index contributed by atoms with van der Waals surface area (Å²) >= 11 is 5.83. The van der Waals surface area contributed by atoms with E-state index >= 15 is 0 Å². The molecule has 7 nitrogen and oxygen atoms in total. The number of hydrogen-bond acceptors (Lipinski definition) is 4. The van der Waals surface area contributed by atoms with Crippen LogP contribution in [0.2, 0.25) is 5.02 Å². The first-order valence-corrected chi connectivity index (χ1v) is 12.6. The van der Waals surface area contributed by atoms with Crippen LogP contribution in [-0.2, 0) is 14.8 Å². The first kappa shape index (κ1) is 24.1. The van der Waals surface area contributed by atoms with E-state index in [4.69, 9.17) is 11.6 Å². The van der Waals surface area contributed by atoms with Gasteiger partial charge in [0.05, 0.1) is 10.8 Å². The third-order valence-corrected chi connectivity index (χ3v) is 7.04. The number of nitrogens with one attached hydrogen (secondary N) is 2. The number of unbranched alkanes of at least 4 members (excludes halogenated alkanes) is 1. The molecule has 3 rings (SSSR count). The Balaban J connectivity index is 1.68. The molecule has 1 aliphatic rings. The van der Waals surface area contributed by atoms with E-state index in [1.54, 1.807) is 23.1 Å². The zero-order valence-corrected chi connectivity index (χ0v) is 19.6. The molecular weight excluding hydrogens is 450 g/mol. The smallest absolute Gasteiger partial charge is 0.261 e. The van der Waals surface area contributed by atoms with Crippen molar-refractivity contribution < 1.29 is 18.0 Å². The number of likely N-dealkylation sites (tertiary alicyclic amines) is 1.